The quantitative estimate of drug-likeness (QED) is 0.677. The fraction of sp³-hybridized carbons (Fsp3) is 0.222. The summed E-state index contributed by atoms with van der Waals surface area (Å²) in [5.41, 5.74) is 2.87. The van der Waals surface area contributed by atoms with E-state index in [0.29, 0.717) is 15.9 Å². The zero-order valence-electron chi connectivity index (χ0n) is 8.25. The molecule has 0 aliphatic rings. The molecule has 0 heterocycles. The van der Waals surface area contributed by atoms with Gasteiger partial charge in [0.05, 0.1) is 12.7 Å². The van der Waals surface area contributed by atoms with Crippen LogP contribution in [0, 0.1) is 5.82 Å². The molecule has 0 radical (unpaired) electrons. The number of ether oxygens (including phenoxy) is 1. The molecule has 3 nitrogen and oxygen atoms in total. The fourth-order valence-corrected chi connectivity index (χ4v) is 1.59. The molecule has 0 aliphatic heterocycles. The molecule has 1 aromatic carbocycles. The Hall–Kier alpha value is -0.620. The summed E-state index contributed by atoms with van der Waals surface area (Å²) < 4.78 is 18.8. The van der Waals surface area contributed by atoms with Gasteiger partial charge in [-0.15, -0.1) is 17.0 Å². The maximum Gasteiger partial charge on any atom is 0.139 e. The van der Waals surface area contributed by atoms with Gasteiger partial charge < -0.3 is 10.2 Å². The molecule has 0 saturated carbocycles. The molecule has 0 atom stereocenters. The molecule has 0 bridgehead atoms. The molecule has 0 fully saturated rings. The largest absolute Gasteiger partial charge is 0.496 e. The molecule has 1 N–H and O–H groups in total. The molecular formula is C9H11Br2FN2O. The first-order chi connectivity index (χ1) is 6.70. The Balaban J connectivity index is 0.00000196. The van der Waals surface area contributed by atoms with Crippen LogP contribution in [0.25, 0.3) is 0 Å². The third kappa shape index (κ3) is 3.46. The third-order valence-corrected chi connectivity index (χ3v) is 2.19. The van der Waals surface area contributed by atoms with Gasteiger partial charge in [0.2, 0.25) is 0 Å². The van der Waals surface area contributed by atoms with E-state index in [2.05, 4.69) is 26.5 Å². The highest BCUT2D eigenvalue weighted by Gasteiger charge is 2.12. The highest BCUT2D eigenvalue weighted by Crippen LogP contribution is 2.23. The molecule has 6 heteroatoms. The van der Waals surface area contributed by atoms with Crippen LogP contribution in [0.1, 0.15) is 5.56 Å². The Bertz CT molecular complexity index is 358. The number of hydrogen-bond donors (Lipinski definition) is 1. The molecule has 15 heavy (non-hydrogen) atoms. The van der Waals surface area contributed by atoms with Crippen molar-refractivity contribution in [3.63, 3.8) is 0 Å². The monoisotopic (exact) mass is 340 g/mol. The van der Waals surface area contributed by atoms with Crippen molar-refractivity contribution >= 4 is 37.5 Å². The first-order valence-corrected chi connectivity index (χ1v) is 4.72. The Morgan fingerprint density at radius 1 is 1.53 bits per heavy atom. The van der Waals surface area contributed by atoms with Crippen molar-refractivity contribution in [2.45, 2.75) is 0 Å². The van der Waals surface area contributed by atoms with Crippen LogP contribution in [0.15, 0.2) is 23.3 Å². The molecule has 0 saturated heterocycles. The standard InChI is InChI=1S/C9H10BrFN2O.BrH/c1-12-13-9(10)8-6(11)4-3-5-7(8)14-2;/h3-5,12H,1-2H3;1H. The number of nitrogens with one attached hydrogen (secondary N) is 1. The van der Waals surface area contributed by atoms with Gasteiger partial charge >= 0.3 is 0 Å². The molecule has 0 spiro atoms. The topological polar surface area (TPSA) is 33.6 Å². The lowest BCUT2D eigenvalue weighted by molar-refractivity contribution is 0.410. The van der Waals surface area contributed by atoms with Crippen LogP contribution in [-0.2, 0) is 0 Å². The number of hydrazone groups is 1. The van der Waals surface area contributed by atoms with E-state index in [0.717, 1.165) is 0 Å². The maximum atomic E-state index is 13.4. The molecule has 0 aromatic heterocycles. The van der Waals surface area contributed by atoms with Crippen molar-refractivity contribution in [1.29, 1.82) is 0 Å². The Morgan fingerprint density at radius 3 is 2.73 bits per heavy atom. The highest BCUT2D eigenvalue weighted by atomic mass is 79.9. The smallest absolute Gasteiger partial charge is 0.139 e. The zero-order valence-corrected chi connectivity index (χ0v) is 11.6. The van der Waals surface area contributed by atoms with Crippen LogP contribution in [-0.4, -0.2) is 18.8 Å². The van der Waals surface area contributed by atoms with Gasteiger partial charge in [-0.1, -0.05) is 6.07 Å². The Kier molecular flexibility index (Phi) is 6.51. The van der Waals surface area contributed by atoms with E-state index in [1.165, 1.54) is 13.2 Å². The van der Waals surface area contributed by atoms with Gasteiger partial charge in [-0.2, -0.15) is 5.10 Å². The van der Waals surface area contributed by atoms with Gasteiger partial charge in [0.15, 0.2) is 0 Å². The van der Waals surface area contributed by atoms with Crippen molar-refractivity contribution < 1.29 is 9.13 Å². The molecule has 0 aliphatic carbocycles. The number of methoxy groups -OCH3 is 1. The average molecular weight is 342 g/mol. The van der Waals surface area contributed by atoms with Crippen LogP contribution in [0.2, 0.25) is 0 Å². The van der Waals surface area contributed by atoms with Crippen LogP contribution < -0.4 is 10.2 Å². The van der Waals surface area contributed by atoms with E-state index in [4.69, 9.17) is 4.74 Å². The number of hydrogen-bond acceptors (Lipinski definition) is 3. The van der Waals surface area contributed by atoms with Crippen LogP contribution in [0.5, 0.6) is 5.75 Å². The van der Waals surface area contributed by atoms with E-state index < -0.39 is 0 Å². The molecular weight excluding hydrogens is 331 g/mol. The maximum absolute atomic E-state index is 13.4. The molecule has 84 valence electrons. The minimum absolute atomic E-state index is 0. The van der Waals surface area contributed by atoms with Crippen molar-refractivity contribution in [2.24, 2.45) is 5.10 Å². The summed E-state index contributed by atoms with van der Waals surface area (Å²) >= 11 is 3.16. The number of rotatable bonds is 3. The van der Waals surface area contributed by atoms with E-state index in [9.17, 15) is 4.39 Å². The first kappa shape index (κ1) is 14.4. The fourth-order valence-electron chi connectivity index (χ4n) is 1.03. The highest BCUT2D eigenvalue weighted by molar-refractivity contribution is 9.18. The summed E-state index contributed by atoms with van der Waals surface area (Å²) in [6, 6.07) is 4.60. The average Bonchev–Trinajstić information content (AvgIpc) is 2.17. The van der Waals surface area contributed by atoms with Gasteiger partial charge in [-0.3, -0.25) is 0 Å². The second-order valence-electron chi connectivity index (χ2n) is 2.44. The lowest BCUT2D eigenvalue weighted by Gasteiger charge is -2.07. The Morgan fingerprint density at radius 2 is 2.20 bits per heavy atom. The van der Waals surface area contributed by atoms with Crippen molar-refractivity contribution in [2.75, 3.05) is 14.2 Å². The van der Waals surface area contributed by atoms with Crippen LogP contribution in [0.4, 0.5) is 4.39 Å². The molecule has 1 rings (SSSR count). The lowest BCUT2D eigenvalue weighted by atomic mass is 10.2. The molecule has 1 aromatic rings. The van der Waals surface area contributed by atoms with Crippen molar-refractivity contribution in [1.82, 2.24) is 5.43 Å². The van der Waals surface area contributed by atoms with Crippen LogP contribution >= 0.6 is 32.9 Å². The van der Waals surface area contributed by atoms with Crippen molar-refractivity contribution in [3.8, 4) is 5.75 Å². The number of nitrogens with zero attached hydrogens (tertiary/aromatic N) is 1. The summed E-state index contributed by atoms with van der Waals surface area (Å²) in [4.78, 5) is 0. The lowest BCUT2D eigenvalue weighted by Crippen LogP contribution is -2.04. The van der Waals surface area contributed by atoms with E-state index in [-0.39, 0.29) is 22.8 Å². The predicted molar refractivity (Wildman–Crippen MR) is 67.8 cm³/mol. The van der Waals surface area contributed by atoms with Gasteiger partial charge in [0.1, 0.15) is 16.2 Å². The third-order valence-electron chi connectivity index (χ3n) is 1.61. The van der Waals surface area contributed by atoms with E-state index >= 15 is 0 Å². The van der Waals surface area contributed by atoms with Gasteiger partial charge in [0, 0.05) is 7.05 Å². The predicted octanol–water partition coefficient (Wildman–Crippen LogP) is 2.69. The van der Waals surface area contributed by atoms with Crippen LogP contribution in [0.3, 0.4) is 0 Å². The second-order valence-corrected chi connectivity index (χ2v) is 3.19. The minimum atomic E-state index is -0.379. The zero-order chi connectivity index (χ0) is 10.6. The first-order valence-electron chi connectivity index (χ1n) is 3.93. The number of benzene rings is 1. The van der Waals surface area contributed by atoms with Gasteiger partial charge in [-0.05, 0) is 28.1 Å². The normalized spacial score (nSPS) is 10.5. The summed E-state index contributed by atoms with van der Waals surface area (Å²) in [5, 5.41) is 3.83. The number of halogens is 3. The molecule has 0 amide bonds. The summed E-state index contributed by atoms with van der Waals surface area (Å²) in [6.45, 7) is 0. The van der Waals surface area contributed by atoms with Gasteiger partial charge in [0.25, 0.3) is 0 Å². The van der Waals surface area contributed by atoms with Gasteiger partial charge in [-0.25, -0.2) is 4.39 Å². The van der Waals surface area contributed by atoms with Crippen molar-refractivity contribution in [3.05, 3.63) is 29.6 Å². The second kappa shape index (κ2) is 6.79. The Labute approximate surface area is 107 Å². The SMILES string of the molecule is Br.CNN=C(Br)c1c(F)cccc1OC. The van der Waals surface area contributed by atoms with E-state index in [1.807, 2.05) is 0 Å². The summed E-state index contributed by atoms with van der Waals surface area (Å²) in [5.74, 6) is 0.0612. The molecule has 0 unspecified atom stereocenters. The minimum Gasteiger partial charge on any atom is -0.496 e. The summed E-state index contributed by atoms with van der Waals surface area (Å²) in [7, 11) is 3.12. The summed E-state index contributed by atoms with van der Waals surface area (Å²) in [6.07, 6.45) is 0. The van der Waals surface area contributed by atoms with E-state index in [1.54, 1.807) is 19.2 Å².